The van der Waals surface area contributed by atoms with Crippen molar-refractivity contribution in [1.29, 1.82) is 0 Å². The van der Waals surface area contributed by atoms with Gasteiger partial charge in [-0.15, -0.1) is 0 Å². The maximum absolute atomic E-state index is 10.6. The Morgan fingerprint density at radius 2 is 1.82 bits per heavy atom. The summed E-state index contributed by atoms with van der Waals surface area (Å²) in [6.45, 7) is 0. The van der Waals surface area contributed by atoms with Gasteiger partial charge in [-0.1, -0.05) is 0 Å². The molecule has 0 bridgehead atoms. The Labute approximate surface area is 74.7 Å². The second-order valence-electron chi connectivity index (χ2n) is 1.73. The first kappa shape index (κ1) is 10.6. The SMILES string of the molecule is COC(=O)C(S)C(S)C(=O)[O-]. The van der Waals surface area contributed by atoms with E-state index in [1.165, 1.54) is 0 Å². The molecule has 4 nitrogen and oxygen atoms in total. The molecule has 0 heterocycles. The Morgan fingerprint density at radius 3 is 2.09 bits per heavy atom. The van der Waals surface area contributed by atoms with Crippen LogP contribution in [0.15, 0.2) is 0 Å². The summed E-state index contributed by atoms with van der Waals surface area (Å²) in [6.07, 6.45) is 0. The zero-order valence-electron chi connectivity index (χ0n) is 5.68. The monoisotopic (exact) mass is 195 g/mol. The molecule has 2 atom stereocenters. The summed E-state index contributed by atoms with van der Waals surface area (Å²) in [5.41, 5.74) is 0. The van der Waals surface area contributed by atoms with E-state index in [1.54, 1.807) is 0 Å². The first-order chi connectivity index (χ1) is 5.00. The van der Waals surface area contributed by atoms with E-state index in [-0.39, 0.29) is 0 Å². The van der Waals surface area contributed by atoms with E-state index in [0.717, 1.165) is 7.11 Å². The lowest BCUT2D eigenvalue weighted by atomic mass is 10.3. The number of hydrogen-bond donors (Lipinski definition) is 2. The largest absolute Gasteiger partial charge is 0.549 e. The Hall–Kier alpha value is -0.360. The average molecular weight is 195 g/mol. The minimum atomic E-state index is -1.45. The van der Waals surface area contributed by atoms with Crippen molar-refractivity contribution in [2.75, 3.05) is 7.11 Å². The van der Waals surface area contributed by atoms with Gasteiger partial charge in [-0.2, -0.15) is 25.3 Å². The predicted molar refractivity (Wildman–Crippen MR) is 42.6 cm³/mol. The summed E-state index contributed by atoms with van der Waals surface area (Å²) in [7, 11) is 1.14. The Morgan fingerprint density at radius 1 is 1.36 bits per heavy atom. The Kier molecular flexibility index (Phi) is 4.36. The lowest BCUT2D eigenvalue weighted by molar-refractivity contribution is -0.304. The van der Waals surface area contributed by atoms with Crippen molar-refractivity contribution in [2.45, 2.75) is 10.5 Å². The van der Waals surface area contributed by atoms with Crippen LogP contribution in [-0.2, 0) is 14.3 Å². The van der Waals surface area contributed by atoms with Crippen molar-refractivity contribution in [3.05, 3.63) is 0 Å². The summed E-state index contributed by atoms with van der Waals surface area (Å²) >= 11 is 7.24. The van der Waals surface area contributed by atoms with Gasteiger partial charge in [-0.05, 0) is 0 Å². The van der Waals surface area contributed by atoms with E-state index in [1.807, 2.05) is 0 Å². The third-order valence-electron chi connectivity index (χ3n) is 0.983. The van der Waals surface area contributed by atoms with Crippen molar-refractivity contribution in [2.24, 2.45) is 0 Å². The van der Waals surface area contributed by atoms with Crippen LogP contribution in [0.25, 0.3) is 0 Å². The normalized spacial score (nSPS) is 15.2. The van der Waals surface area contributed by atoms with Gasteiger partial charge in [-0.3, -0.25) is 4.79 Å². The molecular weight excluding hydrogens is 188 g/mol. The van der Waals surface area contributed by atoms with E-state index in [0.29, 0.717) is 0 Å². The molecular formula is C5H7O4S2-. The van der Waals surface area contributed by atoms with Crippen LogP contribution in [0.3, 0.4) is 0 Å². The second kappa shape index (κ2) is 4.50. The van der Waals surface area contributed by atoms with Gasteiger partial charge in [0.2, 0.25) is 0 Å². The fourth-order valence-electron chi connectivity index (χ4n) is 0.379. The summed E-state index contributed by atoms with van der Waals surface area (Å²) in [5.74, 6) is -2.18. The minimum absolute atomic E-state index is 0.738. The van der Waals surface area contributed by atoms with Gasteiger partial charge in [0.15, 0.2) is 0 Å². The standard InChI is InChI=1S/C5H8O4S2/c1-9-5(8)3(11)2(10)4(6)7/h2-3,10-11H,1H3,(H,6,7)/p-1. The molecule has 0 aromatic heterocycles. The van der Waals surface area contributed by atoms with Crippen LogP contribution in [0.2, 0.25) is 0 Å². The summed E-state index contributed by atoms with van der Waals surface area (Å²) in [4.78, 5) is 20.7. The molecule has 0 radical (unpaired) electrons. The van der Waals surface area contributed by atoms with Gasteiger partial charge >= 0.3 is 5.97 Å². The zero-order valence-corrected chi connectivity index (χ0v) is 7.47. The third-order valence-corrected chi connectivity index (χ3v) is 2.24. The third kappa shape index (κ3) is 3.02. The molecule has 0 aliphatic heterocycles. The number of thiol groups is 2. The number of carboxylic acid groups (broad SMARTS) is 1. The fourth-order valence-corrected chi connectivity index (χ4v) is 0.727. The summed E-state index contributed by atoms with van der Waals surface area (Å²) in [5, 5.41) is 7.78. The predicted octanol–water partition coefficient (Wildman–Crippen LogP) is -1.49. The highest BCUT2D eigenvalue weighted by molar-refractivity contribution is 7.86. The molecule has 0 aliphatic carbocycles. The highest BCUT2D eigenvalue weighted by Gasteiger charge is 2.23. The number of methoxy groups -OCH3 is 1. The van der Waals surface area contributed by atoms with E-state index < -0.39 is 22.4 Å². The first-order valence-electron chi connectivity index (χ1n) is 2.65. The minimum Gasteiger partial charge on any atom is -0.549 e. The Bertz CT molecular complexity index is 170. The molecule has 11 heavy (non-hydrogen) atoms. The molecule has 0 rings (SSSR count). The molecule has 0 spiro atoms. The van der Waals surface area contributed by atoms with Gasteiger partial charge in [-0.25, -0.2) is 0 Å². The number of hydrogen-bond acceptors (Lipinski definition) is 6. The second-order valence-corrected chi connectivity index (χ2v) is 2.84. The van der Waals surface area contributed by atoms with Gasteiger partial charge in [0.1, 0.15) is 5.25 Å². The molecule has 0 N–H and O–H groups in total. The number of carbonyl (C=O) groups is 2. The number of ether oxygens (including phenoxy) is 1. The quantitative estimate of drug-likeness (QED) is 0.425. The number of aliphatic carboxylic acids is 1. The molecule has 0 fully saturated rings. The van der Waals surface area contributed by atoms with E-state index in [4.69, 9.17) is 0 Å². The van der Waals surface area contributed by atoms with Gasteiger partial charge in [0.25, 0.3) is 0 Å². The van der Waals surface area contributed by atoms with E-state index >= 15 is 0 Å². The maximum Gasteiger partial charge on any atom is 0.320 e. The Balaban J connectivity index is 4.12. The van der Waals surface area contributed by atoms with Crippen molar-refractivity contribution < 1.29 is 19.4 Å². The lowest BCUT2D eigenvalue weighted by Crippen LogP contribution is -2.41. The maximum atomic E-state index is 10.6. The van der Waals surface area contributed by atoms with Crippen molar-refractivity contribution >= 4 is 37.2 Å². The van der Waals surface area contributed by atoms with Crippen molar-refractivity contribution in [3.8, 4) is 0 Å². The zero-order chi connectivity index (χ0) is 9.02. The van der Waals surface area contributed by atoms with Gasteiger partial charge in [0.05, 0.1) is 18.3 Å². The average Bonchev–Trinajstić information content (AvgIpc) is 2.00. The number of carboxylic acids is 1. The highest BCUT2D eigenvalue weighted by atomic mass is 32.1. The van der Waals surface area contributed by atoms with Crippen molar-refractivity contribution in [3.63, 3.8) is 0 Å². The number of esters is 1. The summed E-state index contributed by atoms with van der Waals surface area (Å²) in [6, 6.07) is 0. The van der Waals surface area contributed by atoms with Crippen LogP contribution in [0.5, 0.6) is 0 Å². The number of carbonyl (C=O) groups excluding carboxylic acids is 2. The highest BCUT2D eigenvalue weighted by Crippen LogP contribution is 2.09. The van der Waals surface area contributed by atoms with E-state index in [2.05, 4.69) is 30.0 Å². The van der Waals surface area contributed by atoms with Crippen LogP contribution in [0.1, 0.15) is 0 Å². The van der Waals surface area contributed by atoms with Gasteiger partial charge < -0.3 is 14.6 Å². The number of rotatable bonds is 3. The molecule has 2 unspecified atom stereocenters. The molecule has 6 heteroatoms. The van der Waals surface area contributed by atoms with E-state index in [9.17, 15) is 14.7 Å². The molecule has 64 valence electrons. The molecule has 0 saturated carbocycles. The molecule has 0 amide bonds. The van der Waals surface area contributed by atoms with Crippen LogP contribution < -0.4 is 5.11 Å². The summed E-state index contributed by atoms with van der Waals surface area (Å²) < 4.78 is 4.23. The molecule has 0 aromatic rings. The molecule has 0 aliphatic rings. The van der Waals surface area contributed by atoms with Crippen molar-refractivity contribution in [1.82, 2.24) is 0 Å². The van der Waals surface area contributed by atoms with Gasteiger partial charge in [0, 0.05) is 0 Å². The van der Waals surface area contributed by atoms with Crippen LogP contribution in [0, 0.1) is 0 Å². The van der Waals surface area contributed by atoms with Crippen LogP contribution in [0.4, 0.5) is 0 Å². The first-order valence-corrected chi connectivity index (χ1v) is 3.68. The fraction of sp³-hybridized carbons (Fsp3) is 0.600. The van der Waals surface area contributed by atoms with Crippen LogP contribution >= 0.6 is 25.3 Å². The van der Waals surface area contributed by atoms with Crippen LogP contribution in [-0.4, -0.2) is 29.5 Å². The smallest absolute Gasteiger partial charge is 0.320 e. The topological polar surface area (TPSA) is 66.4 Å². The molecule has 0 aromatic carbocycles. The lowest BCUT2D eigenvalue weighted by Gasteiger charge is -2.16. The molecule has 0 saturated heterocycles.